The van der Waals surface area contributed by atoms with Gasteiger partial charge in [0.05, 0.1) is 6.61 Å². The molecule has 1 heteroatoms. The maximum atomic E-state index is 5.45. The first-order chi connectivity index (χ1) is 8.70. The number of benzene rings is 2. The molecule has 1 nitrogen and oxygen atoms in total. The molecule has 94 valence electrons. The highest BCUT2D eigenvalue weighted by molar-refractivity contribution is 5.64. The molecule has 0 saturated heterocycles. The van der Waals surface area contributed by atoms with Crippen molar-refractivity contribution in [2.75, 3.05) is 6.61 Å². The second-order valence-corrected chi connectivity index (χ2v) is 4.73. The molecule has 0 radical (unpaired) electrons. The summed E-state index contributed by atoms with van der Waals surface area (Å²) in [7, 11) is 0. The highest BCUT2D eigenvalue weighted by Gasteiger charge is 2.01. The summed E-state index contributed by atoms with van der Waals surface area (Å²) < 4.78 is 5.45. The molecule has 0 fully saturated rings. The largest absolute Gasteiger partial charge is 0.494 e. The van der Waals surface area contributed by atoms with E-state index in [1.165, 1.54) is 16.7 Å². The van der Waals surface area contributed by atoms with Gasteiger partial charge in [0.15, 0.2) is 0 Å². The average Bonchev–Trinajstić information content (AvgIpc) is 2.40. The molecular formula is C17H20O. The Morgan fingerprint density at radius 3 is 1.78 bits per heavy atom. The summed E-state index contributed by atoms with van der Waals surface area (Å²) in [6.45, 7) is 7.14. The Bertz CT molecular complexity index is 480. The van der Waals surface area contributed by atoms with Crippen molar-refractivity contribution in [3.8, 4) is 16.9 Å². The number of ether oxygens (including phenoxy) is 1. The number of hydrogen-bond acceptors (Lipinski definition) is 1. The van der Waals surface area contributed by atoms with Crippen LogP contribution in [0.1, 0.15) is 32.3 Å². The molecule has 0 heterocycles. The normalized spacial score (nSPS) is 10.7. The summed E-state index contributed by atoms with van der Waals surface area (Å²) in [5.74, 6) is 1.51. The highest BCUT2D eigenvalue weighted by atomic mass is 16.5. The van der Waals surface area contributed by atoms with Gasteiger partial charge in [0.2, 0.25) is 0 Å². The third-order valence-electron chi connectivity index (χ3n) is 3.08. The van der Waals surface area contributed by atoms with Crippen LogP contribution in [0, 0.1) is 0 Å². The van der Waals surface area contributed by atoms with Gasteiger partial charge in [0.25, 0.3) is 0 Å². The minimum atomic E-state index is 0.583. The maximum Gasteiger partial charge on any atom is 0.119 e. The van der Waals surface area contributed by atoms with Crippen LogP contribution in [-0.2, 0) is 0 Å². The summed E-state index contributed by atoms with van der Waals surface area (Å²) in [4.78, 5) is 0. The molecule has 0 saturated carbocycles. The number of rotatable bonds is 4. The molecule has 0 aromatic heterocycles. The second-order valence-electron chi connectivity index (χ2n) is 4.73. The van der Waals surface area contributed by atoms with Gasteiger partial charge in [-0.15, -0.1) is 0 Å². The van der Waals surface area contributed by atoms with E-state index in [-0.39, 0.29) is 0 Å². The highest BCUT2D eigenvalue weighted by Crippen LogP contribution is 2.24. The molecule has 0 N–H and O–H groups in total. The Hall–Kier alpha value is -1.76. The van der Waals surface area contributed by atoms with Gasteiger partial charge < -0.3 is 4.74 Å². The van der Waals surface area contributed by atoms with Crippen molar-refractivity contribution in [1.82, 2.24) is 0 Å². The minimum Gasteiger partial charge on any atom is -0.494 e. The summed E-state index contributed by atoms with van der Waals surface area (Å²) in [6.07, 6.45) is 0. The van der Waals surface area contributed by atoms with Gasteiger partial charge in [-0.2, -0.15) is 0 Å². The van der Waals surface area contributed by atoms with Gasteiger partial charge >= 0.3 is 0 Å². The van der Waals surface area contributed by atoms with Gasteiger partial charge in [-0.05, 0) is 41.7 Å². The lowest BCUT2D eigenvalue weighted by atomic mass is 9.99. The summed E-state index contributed by atoms with van der Waals surface area (Å²) in [5, 5.41) is 0. The molecule has 0 aliphatic carbocycles. The topological polar surface area (TPSA) is 9.23 Å². The zero-order valence-corrected chi connectivity index (χ0v) is 11.3. The fourth-order valence-electron chi connectivity index (χ4n) is 1.97. The van der Waals surface area contributed by atoms with Gasteiger partial charge in [-0.25, -0.2) is 0 Å². The van der Waals surface area contributed by atoms with Crippen molar-refractivity contribution >= 4 is 0 Å². The molecule has 2 rings (SSSR count). The van der Waals surface area contributed by atoms with Crippen molar-refractivity contribution in [2.45, 2.75) is 26.7 Å². The van der Waals surface area contributed by atoms with Crippen molar-refractivity contribution in [1.29, 1.82) is 0 Å². The average molecular weight is 240 g/mol. The maximum absolute atomic E-state index is 5.45. The van der Waals surface area contributed by atoms with E-state index >= 15 is 0 Å². The van der Waals surface area contributed by atoms with E-state index in [2.05, 4.69) is 50.2 Å². The fourth-order valence-corrected chi connectivity index (χ4v) is 1.97. The van der Waals surface area contributed by atoms with Crippen LogP contribution in [0.25, 0.3) is 11.1 Å². The van der Waals surface area contributed by atoms with E-state index in [4.69, 9.17) is 4.74 Å². The SMILES string of the molecule is CCOc1ccc(-c2ccc(C(C)C)cc2)cc1. The molecule has 0 bridgehead atoms. The van der Waals surface area contributed by atoms with Crippen molar-refractivity contribution in [2.24, 2.45) is 0 Å². The number of hydrogen-bond donors (Lipinski definition) is 0. The fraction of sp³-hybridized carbons (Fsp3) is 0.294. The standard InChI is InChI=1S/C17H20O/c1-4-18-17-11-9-16(10-12-17)15-7-5-14(6-8-15)13(2)3/h5-13H,4H2,1-3H3. The predicted octanol–water partition coefficient (Wildman–Crippen LogP) is 4.88. The second kappa shape index (κ2) is 5.72. The molecule has 0 unspecified atom stereocenters. The van der Waals surface area contributed by atoms with Crippen molar-refractivity contribution < 1.29 is 4.74 Å². The molecule has 18 heavy (non-hydrogen) atoms. The van der Waals surface area contributed by atoms with Crippen LogP contribution in [0.5, 0.6) is 5.75 Å². The van der Waals surface area contributed by atoms with E-state index in [1.54, 1.807) is 0 Å². The molecular weight excluding hydrogens is 220 g/mol. The van der Waals surface area contributed by atoms with Gasteiger partial charge in [-0.1, -0.05) is 50.2 Å². The molecule has 0 aliphatic rings. The summed E-state index contributed by atoms with van der Waals surface area (Å²) in [5.41, 5.74) is 3.86. The predicted molar refractivity (Wildman–Crippen MR) is 77.1 cm³/mol. The van der Waals surface area contributed by atoms with Crippen molar-refractivity contribution in [3.05, 3.63) is 54.1 Å². The van der Waals surface area contributed by atoms with Crippen LogP contribution in [0.3, 0.4) is 0 Å². The lowest BCUT2D eigenvalue weighted by molar-refractivity contribution is 0.340. The molecule has 0 aliphatic heterocycles. The quantitative estimate of drug-likeness (QED) is 0.740. The van der Waals surface area contributed by atoms with Crippen LogP contribution in [0.4, 0.5) is 0 Å². The van der Waals surface area contributed by atoms with Crippen LogP contribution >= 0.6 is 0 Å². The third kappa shape index (κ3) is 2.92. The summed E-state index contributed by atoms with van der Waals surface area (Å²) in [6, 6.07) is 17.0. The lowest BCUT2D eigenvalue weighted by Crippen LogP contribution is -1.90. The van der Waals surface area contributed by atoms with Crippen LogP contribution < -0.4 is 4.74 Å². The molecule has 2 aromatic carbocycles. The van der Waals surface area contributed by atoms with Crippen LogP contribution in [-0.4, -0.2) is 6.61 Å². The molecule has 0 atom stereocenters. The zero-order chi connectivity index (χ0) is 13.0. The minimum absolute atomic E-state index is 0.583. The van der Waals surface area contributed by atoms with E-state index in [0.717, 1.165) is 5.75 Å². The van der Waals surface area contributed by atoms with E-state index in [9.17, 15) is 0 Å². The van der Waals surface area contributed by atoms with E-state index in [1.807, 2.05) is 19.1 Å². The van der Waals surface area contributed by atoms with E-state index in [0.29, 0.717) is 12.5 Å². The molecule has 0 amide bonds. The Morgan fingerprint density at radius 1 is 0.833 bits per heavy atom. The molecule has 2 aromatic rings. The third-order valence-corrected chi connectivity index (χ3v) is 3.08. The summed E-state index contributed by atoms with van der Waals surface area (Å²) >= 11 is 0. The van der Waals surface area contributed by atoms with Crippen LogP contribution in [0.2, 0.25) is 0 Å². The van der Waals surface area contributed by atoms with Gasteiger partial charge in [0.1, 0.15) is 5.75 Å². The van der Waals surface area contributed by atoms with Gasteiger partial charge in [0, 0.05) is 0 Å². The Balaban J connectivity index is 2.20. The van der Waals surface area contributed by atoms with Gasteiger partial charge in [-0.3, -0.25) is 0 Å². The molecule has 0 spiro atoms. The zero-order valence-electron chi connectivity index (χ0n) is 11.3. The van der Waals surface area contributed by atoms with Crippen LogP contribution in [0.15, 0.2) is 48.5 Å². The first kappa shape index (κ1) is 12.7. The monoisotopic (exact) mass is 240 g/mol. The Kier molecular flexibility index (Phi) is 4.03. The van der Waals surface area contributed by atoms with E-state index < -0.39 is 0 Å². The first-order valence-electron chi connectivity index (χ1n) is 6.54. The smallest absolute Gasteiger partial charge is 0.119 e. The Morgan fingerprint density at radius 2 is 1.33 bits per heavy atom. The first-order valence-corrected chi connectivity index (χ1v) is 6.54. The Labute approximate surface area is 109 Å². The lowest BCUT2D eigenvalue weighted by Gasteiger charge is -2.08. The van der Waals surface area contributed by atoms with Crippen molar-refractivity contribution in [3.63, 3.8) is 0 Å².